The number of aliphatic carboxylic acids is 1. The number of amides is 1. The molecule has 0 aliphatic heterocycles. The molecule has 3 atom stereocenters. The minimum absolute atomic E-state index is 0.00676. The van der Waals surface area contributed by atoms with E-state index in [0.717, 1.165) is 19.3 Å². The second kappa shape index (κ2) is 9.21. The number of carbonyl (C=O) groups is 3. The van der Waals surface area contributed by atoms with Crippen LogP contribution < -0.4 is 5.32 Å². The highest BCUT2D eigenvalue weighted by atomic mass is 16.6. The van der Waals surface area contributed by atoms with Crippen LogP contribution in [0.15, 0.2) is 0 Å². The summed E-state index contributed by atoms with van der Waals surface area (Å²) < 4.78 is 9.75. The first-order valence-corrected chi connectivity index (χ1v) is 8.87. The Morgan fingerprint density at radius 1 is 1.23 bits per heavy atom. The molecule has 0 saturated heterocycles. The van der Waals surface area contributed by atoms with Gasteiger partial charge in [-0.2, -0.15) is 0 Å². The summed E-state index contributed by atoms with van der Waals surface area (Å²) in [6.45, 7) is 7.39. The second-order valence-electron chi connectivity index (χ2n) is 8.44. The van der Waals surface area contributed by atoms with E-state index >= 15 is 0 Å². The summed E-state index contributed by atoms with van der Waals surface area (Å²) in [7, 11) is 0. The van der Waals surface area contributed by atoms with Crippen molar-refractivity contribution in [3.8, 4) is 0 Å². The molecule has 0 aromatic heterocycles. The van der Waals surface area contributed by atoms with E-state index in [0.29, 0.717) is 6.54 Å². The van der Waals surface area contributed by atoms with Crippen molar-refractivity contribution < 1.29 is 34.1 Å². The summed E-state index contributed by atoms with van der Waals surface area (Å²) in [5.74, 6) is -1.43. The molecule has 1 amide bonds. The van der Waals surface area contributed by atoms with Crippen molar-refractivity contribution in [2.75, 3.05) is 19.8 Å². The first kappa shape index (κ1) is 22.2. The largest absolute Gasteiger partial charge is 0.479 e. The van der Waals surface area contributed by atoms with Crippen LogP contribution in [0.2, 0.25) is 0 Å². The Hall–Kier alpha value is -1.83. The molecule has 0 spiro atoms. The van der Waals surface area contributed by atoms with Gasteiger partial charge >= 0.3 is 18.0 Å². The molecule has 0 radical (unpaired) electrons. The van der Waals surface area contributed by atoms with Crippen molar-refractivity contribution in [2.24, 2.45) is 16.7 Å². The van der Waals surface area contributed by atoms with Gasteiger partial charge in [0.05, 0.1) is 6.61 Å². The Bertz CT molecular complexity index is 520. The van der Waals surface area contributed by atoms with Gasteiger partial charge in [-0.3, -0.25) is 4.79 Å². The number of rotatable bonds is 8. The standard InChI is InChI=1S/C18H31NO7/c1-12(8-20)26-15(23)5-13-6-17(2,3)10-18(4,7-13)11-19-16(24)25-9-14(21)22/h12-13,20H,5-11H2,1-4H3,(H,19,24)(H,21,22). The SMILES string of the molecule is CC(CO)OC(=O)CC1CC(C)(C)CC(C)(CNC(=O)OCC(=O)O)C1. The number of aliphatic hydroxyl groups excluding tert-OH is 1. The molecule has 1 aliphatic rings. The molecule has 8 nitrogen and oxygen atoms in total. The smallest absolute Gasteiger partial charge is 0.407 e. The number of carbonyl (C=O) groups excluding carboxylic acids is 2. The lowest BCUT2D eigenvalue weighted by atomic mass is 9.60. The van der Waals surface area contributed by atoms with Crippen molar-refractivity contribution in [1.82, 2.24) is 5.32 Å². The highest BCUT2D eigenvalue weighted by Gasteiger charge is 2.42. The molecule has 150 valence electrons. The molecular weight excluding hydrogens is 342 g/mol. The van der Waals surface area contributed by atoms with Crippen LogP contribution in [0.3, 0.4) is 0 Å². The van der Waals surface area contributed by atoms with Crippen LogP contribution in [0, 0.1) is 16.7 Å². The van der Waals surface area contributed by atoms with Gasteiger partial charge in [0.2, 0.25) is 0 Å². The summed E-state index contributed by atoms with van der Waals surface area (Å²) in [5, 5.41) is 20.2. The maximum atomic E-state index is 12.0. The lowest BCUT2D eigenvalue weighted by molar-refractivity contribution is -0.152. The third-order valence-corrected chi connectivity index (χ3v) is 4.56. The van der Waals surface area contributed by atoms with Gasteiger partial charge in [-0.25, -0.2) is 9.59 Å². The van der Waals surface area contributed by atoms with E-state index in [9.17, 15) is 14.4 Å². The Labute approximate surface area is 154 Å². The lowest BCUT2D eigenvalue weighted by Crippen LogP contribution is -2.44. The summed E-state index contributed by atoms with van der Waals surface area (Å²) in [6, 6.07) is 0. The van der Waals surface area contributed by atoms with Crippen LogP contribution in [0.25, 0.3) is 0 Å². The van der Waals surface area contributed by atoms with Crippen molar-refractivity contribution in [2.45, 2.75) is 59.5 Å². The monoisotopic (exact) mass is 373 g/mol. The third-order valence-electron chi connectivity index (χ3n) is 4.56. The molecule has 3 unspecified atom stereocenters. The van der Waals surface area contributed by atoms with E-state index in [1.165, 1.54) is 0 Å². The van der Waals surface area contributed by atoms with Crippen molar-refractivity contribution in [3.05, 3.63) is 0 Å². The van der Waals surface area contributed by atoms with Gasteiger partial charge in [-0.05, 0) is 42.9 Å². The Morgan fingerprint density at radius 3 is 2.46 bits per heavy atom. The first-order chi connectivity index (χ1) is 11.9. The highest BCUT2D eigenvalue weighted by molar-refractivity contribution is 5.74. The van der Waals surface area contributed by atoms with E-state index in [-0.39, 0.29) is 35.7 Å². The number of hydrogen-bond donors (Lipinski definition) is 3. The average Bonchev–Trinajstić information content (AvgIpc) is 2.48. The molecule has 1 rings (SSSR count). The predicted octanol–water partition coefficient (Wildman–Crippen LogP) is 1.94. The van der Waals surface area contributed by atoms with E-state index in [4.69, 9.17) is 14.9 Å². The molecule has 0 aromatic rings. The Balaban J connectivity index is 2.62. The zero-order valence-electron chi connectivity index (χ0n) is 16.0. The van der Waals surface area contributed by atoms with Gasteiger partial charge in [0.25, 0.3) is 0 Å². The summed E-state index contributed by atoms with van der Waals surface area (Å²) in [4.78, 5) is 34.1. The average molecular weight is 373 g/mol. The topological polar surface area (TPSA) is 122 Å². The number of esters is 1. The van der Waals surface area contributed by atoms with E-state index < -0.39 is 24.8 Å². The molecule has 0 aromatic carbocycles. The fraction of sp³-hybridized carbons (Fsp3) is 0.833. The first-order valence-electron chi connectivity index (χ1n) is 8.87. The van der Waals surface area contributed by atoms with E-state index in [1.807, 2.05) is 6.92 Å². The van der Waals surface area contributed by atoms with Gasteiger partial charge in [-0.1, -0.05) is 20.8 Å². The number of carboxylic acid groups (broad SMARTS) is 1. The number of ether oxygens (including phenoxy) is 2. The molecular formula is C18H31NO7. The molecule has 1 aliphatic carbocycles. The number of nitrogens with one attached hydrogen (secondary N) is 1. The van der Waals surface area contributed by atoms with Crippen molar-refractivity contribution >= 4 is 18.0 Å². The van der Waals surface area contributed by atoms with Gasteiger partial charge in [0, 0.05) is 13.0 Å². The van der Waals surface area contributed by atoms with Crippen molar-refractivity contribution in [3.63, 3.8) is 0 Å². The summed E-state index contributed by atoms with van der Waals surface area (Å²) in [6.07, 6.45) is 1.46. The maximum absolute atomic E-state index is 12.0. The highest BCUT2D eigenvalue weighted by Crippen LogP contribution is 2.49. The van der Waals surface area contributed by atoms with E-state index in [2.05, 4.69) is 23.9 Å². The minimum atomic E-state index is -1.21. The number of alkyl carbamates (subject to hydrolysis) is 1. The van der Waals surface area contributed by atoms with Crippen LogP contribution in [0.4, 0.5) is 4.79 Å². The Morgan fingerprint density at radius 2 is 1.88 bits per heavy atom. The zero-order valence-corrected chi connectivity index (χ0v) is 16.0. The molecule has 3 N–H and O–H groups in total. The number of carboxylic acids is 1. The van der Waals surface area contributed by atoms with Crippen LogP contribution in [0.1, 0.15) is 53.4 Å². The van der Waals surface area contributed by atoms with Crippen LogP contribution in [0.5, 0.6) is 0 Å². The maximum Gasteiger partial charge on any atom is 0.407 e. The molecule has 0 heterocycles. The van der Waals surface area contributed by atoms with Crippen LogP contribution >= 0.6 is 0 Å². The lowest BCUT2D eigenvalue weighted by Gasteiger charge is -2.46. The van der Waals surface area contributed by atoms with Gasteiger partial charge in [0.15, 0.2) is 6.61 Å². The molecule has 8 heteroatoms. The third kappa shape index (κ3) is 8.03. The quantitative estimate of drug-likeness (QED) is 0.556. The van der Waals surface area contributed by atoms with Gasteiger partial charge in [0.1, 0.15) is 6.10 Å². The fourth-order valence-electron chi connectivity index (χ4n) is 4.14. The number of hydrogen-bond acceptors (Lipinski definition) is 6. The molecule has 26 heavy (non-hydrogen) atoms. The fourth-order valence-corrected chi connectivity index (χ4v) is 4.14. The summed E-state index contributed by atoms with van der Waals surface area (Å²) in [5.41, 5.74) is -0.245. The van der Waals surface area contributed by atoms with Crippen LogP contribution in [-0.4, -0.2) is 54.1 Å². The normalized spacial score (nSPS) is 25.8. The summed E-state index contributed by atoms with van der Waals surface area (Å²) >= 11 is 0. The zero-order chi connectivity index (χ0) is 20.0. The van der Waals surface area contributed by atoms with Crippen molar-refractivity contribution in [1.29, 1.82) is 0 Å². The molecule has 1 fully saturated rings. The van der Waals surface area contributed by atoms with Gasteiger partial charge < -0.3 is 25.0 Å². The molecule has 0 bridgehead atoms. The van der Waals surface area contributed by atoms with Gasteiger partial charge in [-0.15, -0.1) is 0 Å². The second-order valence-corrected chi connectivity index (χ2v) is 8.44. The predicted molar refractivity (Wildman–Crippen MR) is 93.5 cm³/mol. The Kier molecular flexibility index (Phi) is 7.87. The minimum Gasteiger partial charge on any atom is -0.479 e. The van der Waals surface area contributed by atoms with Crippen LogP contribution in [-0.2, 0) is 19.1 Å². The molecule has 1 saturated carbocycles. The van der Waals surface area contributed by atoms with E-state index in [1.54, 1.807) is 6.92 Å². The number of aliphatic hydroxyl groups is 1.